The molecule has 0 radical (unpaired) electrons. The van der Waals surface area contributed by atoms with Crippen LogP contribution in [0.5, 0.6) is 5.75 Å². The Bertz CT molecular complexity index is 1630. The van der Waals surface area contributed by atoms with Crippen LogP contribution in [0.1, 0.15) is 16.8 Å². The van der Waals surface area contributed by atoms with E-state index in [1.165, 1.54) is 31.4 Å². The molecule has 0 aliphatic rings. The largest absolute Gasteiger partial charge is 0.496 e. The van der Waals surface area contributed by atoms with Crippen molar-refractivity contribution in [2.45, 2.75) is 23.1 Å². The quantitative estimate of drug-likeness (QED) is 0.337. The number of benzene rings is 3. The lowest BCUT2D eigenvalue weighted by Gasteiger charge is -2.15. The van der Waals surface area contributed by atoms with Crippen molar-refractivity contribution >= 4 is 38.3 Å². The van der Waals surface area contributed by atoms with Crippen LogP contribution in [0, 0.1) is 0 Å². The minimum atomic E-state index is -4.33. The van der Waals surface area contributed by atoms with Crippen molar-refractivity contribution in [1.82, 2.24) is 15.0 Å². The van der Waals surface area contributed by atoms with Gasteiger partial charge in [0.15, 0.2) is 15.1 Å². The van der Waals surface area contributed by atoms with E-state index < -0.39 is 38.9 Å². The Hall–Kier alpha value is -4.58. The fraction of sp³-hybridized carbons (Fsp3) is 0.160. The van der Waals surface area contributed by atoms with Gasteiger partial charge in [-0.1, -0.05) is 29.5 Å². The van der Waals surface area contributed by atoms with Crippen LogP contribution in [0.4, 0.5) is 5.69 Å². The van der Waals surface area contributed by atoms with Crippen molar-refractivity contribution in [3.05, 3.63) is 88.7 Å². The molecule has 2 N–H and O–H groups in total. The number of methoxy groups -OCH3 is 1. The number of nitrogens with zero attached hydrogens (tertiary/aromatic N) is 3. The van der Waals surface area contributed by atoms with E-state index in [4.69, 9.17) is 4.74 Å². The van der Waals surface area contributed by atoms with Gasteiger partial charge in [0.1, 0.15) is 11.3 Å². The third kappa shape index (κ3) is 5.33. The number of amides is 1. The summed E-state index contributed by atoms with van der Waals surface area (Å²) in [6.07, 6.45) is -0.406. The van der Waals surface area contributed by atoms with E-state index in [-0.39, 0.29) is 16.8 Å². The second-order valence-electron chi connectivity index (χ2n) is 7.97. The third-order valence-electron chi connectivity index (χ3n) is 5.67. The number of aromatic nitrogens is 3. The summed E-state index contributed by atoms with van der Waals surface area (Å²) in [5, 5.41) is 18.5. The number of hydrogen-bond acceptors (Lipinski definition) is 8. The molecule has 0 saturated carbocycles. The summed E-state index contributed by atoms with van der Waals surface area (Å²) in [5.74, 6) is -1.65. The van der Waals surface area contributed by atoms with E-state index in [0.717, 1.165) is 4.68 Å². The molecule has 0 spiro atoms. The summed E-state index contributed by atoms with van der Waals surface area (Å²) in [7, 11) is -2.89. The number of ether oxygens (including phenoxy) is 1. The van der Waals surface area contributed by atoms with E-state index in [2.05, 4.69) is 15.6 Å². The molecule has 4 aromatic rings. The molecular formula is C25H22N4O7S. The fourth-order valence-corrected chi connectivity index (χ4v) is 5.27. The summed E-state index contributed by atoms with van der Waals surface area (Å²) >= 11 is 0. The van der Waals surface area contributed by atoms with Gasteiger partial charge in [0.05, 0.1) is 23.0 Å². The Morgan fingerprint density at radius 2 is 1.70 bits per heavy atom. The van der Waals surface area contributed by atoms with Gasteiger partial charge in [0.25, 0.3) is 11.5 Å². The molecular weight excluding hydrogens is 500 g/mol. The van der Waals surface area contributed by atoms with E-state index in [1.54, 1.807) is 48.5 Å². The van der Waals surface area contributed by atoms with Gasteiger partial charge in [-0.15, -0.1) is 5.10 Å². The fourth-order valence-electron chi connectivity index (χ4n) is 3.74. The van der Waals surface area contributed by atoms with Crippen molar-refractivity contribution < 1.29 is 27.9 Å². The van der Waals surface area contributed by atoms with E-state index in [1.807, 2.05) is 0 Å². The Kier molecular flexibility index (Phi) is 7.30. The number of sulfone groups is 1. The van der Waals surface area contributed by atoms with Crippen LogP contribution in [-0.4, -0.2) is 52.8 Å². The SMILES string of the molecule is COc1ccccc1C(=O)Nc1ccc(S(=O)(=O)C(CCn2nnc3ccccc3c2=O)C(=O)O)cc1. The maximum absolute atomic E-state index is 13.1. The molecule has 37 heavy (non-hydrogen) atoms. The Morgan fingerprint density at radius 1 is 1.03 bits per heavy atom. The van der Waals surface area contributed by atoms with Crippen molar-refractivity contribution in [2.24, 2.45) is 0 Å². The summed E-state index contributed by atoms with van der Waals surface area (Å²) < 4.78 is 32.4. The predicted octanol–water partition coefficient (Wildman–Crippen LogP) is 2.37. The normalized spacial score (nSPS) is 12.1. The molecule has 0 aliphatic carbocycles. The molecule has 4 rings (SSSR count). The van der Waals surface area contributed by atoms with Crippen LogP contribution in [0.15, 0.2) is 82.5 Å². The molecule has 0 aliphatic heterocycles. The highest BCUT2D eigenvalue weighted by Gasteiger charge is 2.34. The molecule has 1 aromatic heterocycles. The van der Waals surface area contributed by atoms with Crippen molar-refractivity contribution in [3.63, 3.8) is 0 Å². The highest BCUT2D eigenvalue weighted by molar-refractivity contribution is 7.92. The highest BCUT2D eigenvalue weighted by atomic mass is 32.2. The molecule has 190 valence electrons. The average molecular weight is 523 g/mol. The molecule has 1 amide bonds. The smallest absolute Gasteiger partial charge is 0.322 e. The predicted molar refractivity (Wildman–Crippen MR) is 134 cm³/mol. The lowest BCUT2D eigenvalue weighted by Crippen LogP contribution is -2.34. The molecule has 11 nitrogen and oxygen atoms in total. The molecule has 1 heterocycles. The van der Waals surface area contributed by atoms with E-state index in [9.17, 15) is 27.9 Å². The second-order valence-corrected chi connectivity index (χ2v) is 10.1. The topological polar surface area (TPSA) is 158 Å². The molecule has 0 bridgehead atoms. The van der Waals surface area contributed by atoms with Gasteiger partial charge in [-0.3, -0.25) is 14.4 Å². The first-order valence-electron chi connectivity index (χ1n) is 11.1. The number of fused-ring (bicyclic) bond motifs is 1. The summed E-state index contributed by atoms with van der Waals surface area (Å²) in [6.45, 7) is -0.264. The maximum atomic E-state index is 13.1. The van der Waals surface area contributed by atoms with Crippen molar-refractivity contribution in [2.75, 3.05) is 12.4 Å². The summed E-state index contributed by atoms with van der Waals surface area (Å²) in [5.41, 5.74) is 0.478. The minimum absolute atomic E-state index is 0.243. The Labute approximate surface area is 211 Å². The number of aliphatic carboxylic acids is 1. The van der Waals surface area contributed by atoms with Crippen LogP contribution in [0.25, 0.3) is 10.9 Å². The number of anilines is 1. The number of nitrogens with one attached hydrogen (secondary N) is 1. The summed E-state index contributed by atoms with van der Waals surface area (Å²) in [6, 6.07) is 18.3. The molecule has 0 fully saturated rings. The molecule has 1 unspecified atom stereocenters. The van der Waals surface area contributed by atoms with Gasteiger partial charge >= 0.3 is 5.97 Å². The third-order valence-corrected chi connectivity index (χ3v) is 7.79. The summed E-state index contributed by atoms with van der Waals surface area (Å²) in [4.78, 5) is 36.8. The number of carboxylic acids is 1. The number of rotatable bonds is 9. The van der Waals surface area contributed by atoms with Crippen molar-refractivity contribution in [3.8, 4) is 5.75 Å². The first-order valence-corrected chi connectivity index (χ1v) is 12.6. The number of carbonyl (C=O) groups excluding carboxylic acids is 1. The average Bonchev–Trinajstić information content (AvgIpc) is 2.90. The number of para-hydroxylation sites is 1. The number of hydrogen-bond donors (Lipinski definition) is 2. The van der Waals surface area contributed by atoms with Crippen LogP contribution in [-0.2, 0) is 21.2 Å². The first kappa shape index (κ1) is 25.5. The van der Waals surface area contributed by atoms with Gasteiger partial charge in [-0.25, -0.2) is 13.1 Å². The van der Waals surface area contributed by atoms with Crippen LogP contribution >= 0.6 is 0 Å². The Balaban J connectivity index is 1.51. The van der Waals surface area contributed by atoms with Crippen LogP contribution in [0.2, 0.25) is 0 Å². The minimum Gasteiger partial charge on any atom is -0.496 e. The number of carboxylic acid groups (broad SMARTS) is 1. The van der Waals surface area contributed by atoms with E-state index in [0.29, 0.717) is 22.5 Å². The lowest BCUT2D eigenvalue weighted by molar-refractivity contribution is -0.136. The zero-order valence-corrected chi connectivity index (χ0v) is 20.4. The van der Waals surface area contributed by atoms with Gasteiger partial charge in [-0.05, 0) is 55.0 Å². The van der Waals surface area contributed by atoms with E-state index >= 15 is 0 Å². The number of carbonyl (C=O) groups is 2. The molecule has 1 atom stereocenters. The monoisotopic (exact) mass is 522 g/mol. The Morgan fingerprint density at radius 3 is 2.41 bits per heavy atom. The molecule has 3 aromatic carbocycles. The van der Waals surface area contributed by atoms with Gasteiger partial charge < -0.3 is 15.2 Å². The number of aryl methyl sites for hydroxylation is 1. The first-order chi connectivity index (χ1) is 17.7. The second kappa shape index (κ2) is 10.6. The maximum Gasteiger partial charge on any atom is 0.322 e. The van der Waals surface area contributed by atoms with Gasteiger partial charge in [0.2, 0.25) is 0 Å². The zero-order chi connectivity index (χ0) is 26.6. The van der Waals surface area contributed by atoms with Gasteiger partial charge in [-0.2, -0.15) is 0 Å². The standard InChI is InChI=1S/C25H22N4O7S/c1-36-21-9-5-3-7-19(21)23(30)26-16-10-12-17(13-11-16)37(34,35)22(25(32)33)14-15-29-24(31)18-6-2-4-8-20(18)27-28-29/h2-13,22H,14-15H2,1H3,(H,26,30)(H,32,33). The van der Waals surface area contributed by atoms with Crippen molar-refractivity contribution in [1.29, 1.82) is 0 Å². The molecule has 0 saturated heterocycles. The van der Waals surface area contributed by atoms with Crippen LogP contribution in [0.3, 0.4) is 0 Å². The van der Waals surface area contributed by atoms with Crippen LogP contribution < -0.4 is 15.6 Å². The molecule has 12 heteroatoms. The zero-order valence-electron chi connectivity index (χ0n) is 19.6. The highest BCUT2D eigenvalue weighted by Crippen LogP contribution is 2.23. The lowest BCUT2D eigenvalue weighted by atomic mass is 10.2. The van der Waals surface area contributed by atoms with Gasteiger partial charge in [0, 0.05) is 12.2 Å².